The zero-order chi connectivity index (χ0) is 8.39. The van der Waals surface area contributed by atoms with Crippen molar-refractivity contribution < 1.29 is 0 Å². The molecule has 0 saturated heterocycles. The minimum Gasteiger partial charge on any atom is -0.302 e. The number of H-pyrrole nitrogens is 2. The van der Waals surface area contributed by atoms with Gasteiger partial charge in [-0.15, -0.1) is 0 Å². The van der Waals surface area contributed by atoms with Gasteiger partial charge >= 0.3 is 0 Å². The van der Waals surface area contributed by atoms with Gasteiger partial charge in [-0.1, -0.05) is 12.8 Å². The third-order valence-corrected chi connectivity index (χ3v) is 2.57. The van der Waals surface area contributed by atoms with Crippen LogP contribution < -0.4 is 5.56 Å². The molecule has 66 valence electrons. The van der Waals surface area contributed by atoms with E-state index < -0.39 is 0 Å². The maximum absolute atomic E-state index is 11.2. The fourth-order valence-corrected chi connectivity index (χ4v) is 1.86. The van der Waals surface area contributed by atoms with E-state index in [2.05, 4.69) is 10.2 Å². The first-order valence-electron chi connectivity index (χ1n) is 4.66. The molecule has 1 aliphatic carbocycles. The highest BCUT2D eigenvalue weighted by molar-refractivity contribution is 5.17. The normalized spacial score (nSPS) is 18.0. The number of aryl methyl sites for hydroxylation is 1. The highest BCUT2D eigenvalue weighted by Gasteiger charge is 2.11. The van der Waals surface area contributed by atoms with Crippen LogP contribution in [0.15, 0.2) is 4.79 Å². The summed E-state index contributed by atoms with van der Waals surface area (Å²) in [7, 11) is 0. The molecule has 1 aliphatic rings. The zero-order valence-corrected chi connectivity index (χ0v) is 7.15. The minimum atomic E-state index is 0.0897. The lowest BCUT2D eigenvalue weighted by molar-refractivity contribution is 0.611. The lowest BCUT2D eigenvalue weighted by atomic mass is 9.99. The van der Waals surface area contributed by atoms with Crippen molar-refractivity contribution in [2.75, 3.05) is 0 Å². The van der Waals surface area contributed by atoms with E-state index in [1.165, 1.54) is 19.3 Å². The summed E-state index contributed by atoms with van der Waals surface area (Å²) in [6.07, 6.45) is 6.92. The van der Waals surface area contributed by atoms with E-state index >= 15 is 0 Å². The van der Waals surface area contributed by atoms with Gasteiger partial charge in [0.25, 0.3) is 5.56 Å². The second-order valence-electron chi connectivity index (χ2n) is 3.45. The van der Waals surface area contributed by atoms with E-state index in [4.69, 9.17) is 0 Å². The third kappa shape index (κ3) is 1.31. The van der Waals surface area contributed by atoms with Crippen molar-refractivity contribution in [3.8, 4) is 0 Å². The number of hydrogen-bond donors (Lipinski definition) is 2. The van der Waals surface area contributed by atoms with Crippen molar-refractivity contribution in [1.82, 2.24) is 10.2 Å². The molecule has 0 amide bonds. The fourth-order valence-electron chi connectivity index (χ4n) is 1.86. The van der Waals surface area contributed by atoms with Crippen molar-refractivity contribution in [2.45, 2.75) is 38.5 Å². The Morgan fingerprint density at radius 2 is 1.67 bits per heavy atom. The molecule has 0 aromatic carbocycles. The number of fused-ring (bicyclic) bond motifs is 1. The average molecular weight is 166 g/mol. The molecule has 0 fully saturated rings. The van der Waals surface area contributed by atoms with Gasteiger partial charge in [0.05, 0.1) is 0 Å². The number of hydrogen-bond acceptors (Lipinski definition) is 1. The van der Waals surface area contributed by atoms with E-state index in [9.17, 15) is 4.79 Å². The van der Waals surface area contributed by atoms with Crippen molar-refractivity contribution in [1.29, 1.82) is 0 Å². The Bertz CT molecular complexity index is 311. The summed E-state index contributed by atoms with van der Waals surface area (Å²) in [6, 6.07) is 0. The standard InChI is InChI=1S/C9H14N2O/c12-9-7-5-3-1-2-4-6-8(7)10-11-9/h1-6H2,(H2,10,11,12). The zero-order valence-electron chi connectivity index (χ0n) is 7.15. The maximum Gasteiger partial charge on any atom is 0.267 e. The van der Waals surface area contributed by atoms with Gasteiger partial charge in [0.15, 0.2) is 0 Å². The van der Waals surface area contributed by atoms with Crippen LogP contribution in [-0.4, -0.2) is 10.2 Å². The van der Waals surface area contributed by atoms with E-state index in [-0.39, 0.29) is 5.56 Å². The topological polar surface area (TPSA) is 48.6 Å². The second-order valence-corrected chi connectivity index (χ2v) is 3.45. The number of aromatic amines is 2. The molecular weight excluding hydrogens is 152 g/mol. The molecule has 0 atom stereocenters. The molecule has 1 aromatic heterocycles. The Hall–Kier alpha value is -0.990. The van der Waals surface area contributed by atoms with E-state index in [0.717, 1.165) is 30.5 Å². The van der Waals surface area contributed by atoms with Crippen LogP contribution in [0.25, 0.3) is 0 Å². The summed E-state index contributed by atoms with van der Waals surface area (Å²) < 4.78 is 0. The molecule has 1 aromatic rings. The van der Waals surface area contributed by atoms with Crippen LogP contribution in [0.4, 0.5) is 0 Å². The summed E-state index contributed by atoms with van der Waals surface area (Å²) in [4.78, 5) is 11.2. The van der Waals surface area contributed by atoms with E-state index in [1.807, 2.05) is 0 Å². The summed E-state index contributed by atoms with van der Waals surface area (Å²) in [5.74, 6) is 0. The van der Waals surface area contributed by atoms with Gasteiger partial charge in [0, 0.05) is 11.3 Å². The van der Waals surface area contributed by atoms with E-state index in [0.29, 0.717) is 0 Å². The van der Waals surface area contributed by atoms with Gasteiger partial charge in [-0.05, 0) is 25.7 Å². The average Bonchev–Trinajstić information content (AvgIpc) is 2.31. The number of aromatic nitrogens is 2. The molecule has 2 N–H and O–H groups in total. The Kier molecular flexibility index (Phi) is 2.02. The van der Waals surface area contributed by atoms with Crippen LogP contribution >= 0.6 is 0 Å². The summed E-state index contributed by atoms with van der Waals surface area (Å²) in [5.41, 5.74) is 2.22. The van der Waals surface area contributed by atoms with Crippen molar-refractivity contribution >= 4 is 0 Å². The number of nitrogens with one attached hydrogen (secondary N) is 2. The fraction of sp³-hybridized carbons (Fsp3) is 0.667. The molecule has 0 saturated carbocycles. The molecule has 0 bridgehead atoms. The molecule has 0 spiro atoms. The SMILES string of the molecule is O=c1[nH][nH]c2c1CCCCCC2. The Labute approximate surface area is 71.2 Å². The monoisotopic (exact) mass is 166 g/mol. The first-order valence-corrected chi connectivity index (χ1v) is 4.66. The Morgan fingerprint density at radius 1 is 0.917 bits per heavy atom. The molecule has 3 nitrogen and oxygen atoms in total. The van der Waals surface area contributed by atoms with Crippen LogP contribution in [0.5, 0.6) is 0 Å². The summed E-state index contributed by atoms with van der Waals surface area (Å²) >= 11 is 0. The molecule has 12 heavy (non-hydrogen) atoms. The molecule has 0 radical (unpaired) electrons. The van der Waals surface area contributed by atoms with Gasteiger partial charge in [-0.3, -0.25) is 9.89 Å². The van der Waals surface area contributed by atoms with Crippen LogP contribution in [0, 0.1) is 0 Å². The quantitative estimate of drug-likeness (QED) is 0.600. The maximum atomic E-state index is 11.2. The third-order valence-electron chi connectivity index (χ3n) is 2.57. The predicted octanol–water partition coefficient (Wildman–Crippen LogP) is 1.36. The molecule has 3 heteroatoms. The van der Waals surface area contributed by atoms with Crippen LogP contribution in [0.3, 0.4) is 0 Å². The number of rotatable bonds is 0. The highest BCUT2D eigenvalue weighted by atomic mass is 16.1. The second kappa shape index (κ2) is 3.17. The van der Waals surface area contributed by atoms with Crippen molar-refractivity contribution in [3.63, 3.8) is 0 Å². The molecule has 0 unspecified atom stereocenters. The lowest BCUT2D eigenvalue weighted by Crippen LogP contribution is -2.08. The van der Waals surface area contributed by atoms with Crippen LogP contribution in [-0.2, 0) is 12.8 Å². The van der Waals surface area contributed by atoms with Gasteiger partial charge in [-0.25, -0.2) is 0 Å². The first-order chi connectivity index (χ1) is 5.88. The first kappa shape index (κ1) is 7.65. The van der Waals surface area contributed by atoms with Gasteiger partial charge in [0.1, 0.15) is 0 Å². The highest BCUT2D eigenvalue weighted by Crippen LogP contribution is 2.14. The molecular formula is C9H14N2O. The minimum absolute atomic E-state index is 0.0897. The van der Waals surface area contributed by atoms with Gasteiger partial charge < -0.3 is 5.10 Å². The van der Waals surface area contributed by atoms with Crippen LogP contribution in [0.1, 0.15) is 36.9 Å². The summed E-state index contributed by atoms with van der Waals surface area (Å²) in [5, 5.41) is 5.61. The molecule has 0 aliphatic heterocycles. The van der Waals surface area contributed by atoms with Gasteiger partial charge in [-0.2, -0.15) is 0 Å². The smallest absolute Gasteiger partial charge is 0.267 e. The van der Waals surface area contributed by atoms with Crippen LogP contribution in [0.2, 0.25) is 0 Å². The van der Waals surface area contributed by atoms with Crippen molar-refractivity contribution in [2.24, 2.45) is 0 Å². The Morgan fingerprint density at radius 3 is 2.50 bits per heavy atom. The Balaban J connectivity index is 2.32. The van der Waals surface area contributed by atoms with Gasteiger partial charge in [0.2, 0.25) is 0 Å². The molecule has 2 rings (SSSR count). The predicted molar refractivity (Wildman–Crippen MR) is 47.3 cm³/mol. The van der Waals surface area contributed by atoms with Crippen molar-refractivity contribution in [3.05, 3.63) is 21.6 Å². The largest absolute Gasteiger partial charge is 0.302 e. The lowest BCUT2D eigenvalue weighted by Gasteiger charge is -2.06. The molecule has 1 heterocycles. The summed E-state index contributed by atoms with van der Waals surface area (Å²) in [6.45, 7) is 0. The van der Waals surface area contributed by atoms with E-state index in [1.54, 1.807) is 0 Å².